The predicted octanol–water partition coefficient (Wildman–Crippen LogP) is 4.00. The van der Waals surface area contributed by atoms with Crippen molar-refractivity contribution in [2.45, 2.75) is 46.1 Å². The predicted molar refractivity (Wildman–Crippen MR) is 93.1 cm³/mol. The molecule has 3 heteroatoms. The molecule has 0 aliphatic carbocycles. The Morgan fingerprint density at radius 2 is 2.13 bits per heavy atom. The van der Waals surface area contributed by atoms with Gasteiger partial charge in [0.1, 0.15) is 6.10 Å². The summed E-state index contributed by atoms with van der Waals surface area (Å²) in [5.41, 5.74) is 3.38. The summed E-state index contributed by atoms with van der Waals surface area (Å²) in [4.78, 5) is 12.2. The molecule has 0 unspecified atom stereocenters. The van der Waals surface area contributed by atoms with E-state index in [0.717, 1.165) is 23.3 Å². The third kappa shape index (κ3) is 3.91. The van der Waals surface area contributed by atoms with Crippen molar-refractivity contribution >= 4 is 11.9 Å². The molecule has 0 saturated heterocycles. The maximum Gasteiger partial charge on any atom is 0.165 e. The van der Waals surface area contributed by atoms with Gasteiger partial charge in [0.05, 0.1) is 18.3 Å². The van der Waals surface area contributed by atoms with Crippen LogP contribution in [0.1, 0.15) is 49.8 Å². The summed E-state index contributed by atoms with van der Waals surface area (Å²) in [6.45, 7) is 8.10. The number of aryl methyl sites for hydroxylation is 1. The second-order valence-electron chi connectivity index (χ2n) is 6.24. The average molecular weight is 314 g/mol. The van der Waals surface area contributed by atoms with Crippen LogP contribution in [0.4, 0.5) is 0 Å². The summed E-state index contributed by atoms with van der Waals surface area (Å²) >= 11 is 0. The summed E-state index contributed by atoms with van der Waals surface area (Å²) in [6, 6.07) is 6.28. The van der Waals surface area contributed by atoms with E-state index in [1.54, 1.807) is 12.2 Å². The average Bonchev–Trinajstić information content (AvgIpc) is 2.54. The Kier molecular flexibility index (Phi) is 5.78. The molecule has 0 spiro atoms. The number of allylic oxidation sites excluding steroid dienone is 2. The van der Waals surface area contributed by atoms with Crippen molar-refractivity contribution in [3.63, 3.8) is 0 Å². The number of benzene rings is 1. The first-order chi connectivity index (χ1) is 11.0. The molecule has 0 saturated carbocycles. The minimum atomic E-state index is -0.161. The van der Waals surface area contributed by atoms with Crippen LogP contribution < -0.4 is 0 Å². The third-order valence-corrected chi connectivity index (χ3v) is 4.51. The number of ketones is 1. The Bertz CT molecular complexity index is 628. The van der Waals surface area contributed by atoms with Gasteiger partial charge in [-0.25, -0.2) is 0 Å². The van der Waals surface area contributed by atoms with Crippen LogP contribution in [0.15, 0.2) is 36.1 Å². The molecule has 23 heavy (non-hydrogen) atoms. The molecule has 1 aliphatic rings. The molecule has 1 aromatic rings. The number of aliphatic hydroxyl groups is 1. The smallest absolute Gasteiger partial charge is 0.165 e. The molecular weight excluding hydrogens is 288 g/mol. The number of hydrogen-bond acceptors (Lipinski definition) is 3. The zero-order chi connectivity index (χ0) is 17.0. The normalized spacial score (nSPS) is 22.8. The molecule has 3 atom stereocenters. The van der Waals surface area contributed by atoms with Crippen LogP contribution in [0.25, 0.3) is 6.08 Å². The molecule has 124 valence electrons. The summed E-state index contributed by atoms with van der Waals surface area (Å²) in [6.07, 6.45) is 5.87. The second-order valence-corrected chi connectivity index (χ2v) is 6.24. The van der Waals surface area contributed by atoms with Crippen molar-refractivity contribution in [1.82, 2.24) is 0 Å². The molecule has 0 fully saturated rings. The molecule has 1 N–H and O–H groups in total. The van der Waals surface area contributed by atoms with Crippen molar-refractivity contribution in [1.29, 1.82) is 0 Å². The van der Waals surface area contributed by atoms with Crippen LogP contribution in [-0.2, 0) is 9.53 Å². The third-order valence-electron chi connectivity index (χ3n) is 4.51. The largest absolute Gasteiger partial charge is 0.493 e. The minimum Gasteiger partial charge on any atom is -0.493 e. The molecule has 0 bridgehead atoms. The highest BCUT2D eigenvalue weighted by Gasteiger charge is 2.34. The molecule has 2 rings (SSSR count). The van der Waals surface area contributed by atoms with Gasteiger partial charge in [-0.3, -0.25) is 4.79 Å². The van der Waals surface area contributed by atoms with Gasteiger partial charge in [0, 0.05) is 18.4 Å². The zero-order valence-electron chi connectivity index (χ0n) is 14.4. The van der Waals surface area contributed by atoms with Crippen LogP contribution in [0, 0.1) is 12.8 Å². The van der Waals surface area contributed by atoms with Gasteiger partial charge in [-0.2, -0.15) is 0 Å². The van der Waals surface area contributed by atoms with Crippen LogP contribution in [0.3, 0.4) is 0 Å². The van der Waals surface area contributed by atoms with Gasteiger partial charge in [-0.05, 0) is 18.1 Å². The lowest BCUT2D eigenvalue weighted by Crippen LogP contribution is -2.35. The summed E-state index contributed by atoms with van der Waals surface area (Å²) in [7, 11) is 0. The standard InChI is InChI=1S/C20H26O3/c1-5-17-12-19(22)15(4)20(23-17)14(3)18-9-8-13(2)11-16(18)7-6-10-21/h6-9,11-12,14-15,20-21H,5,10H2,1-4H3/b7-6+/t14-,15+,20+/m0/s1. The van der Waals surface area contributed by atoms with Gasteiger partial charge >= 0.3 is 0 Å². The van der Waals surface area contributed by atoms with Gasteiger partial charge in [0.25, 0.3) is 0 Å². The fourth-order valence-corrected chi connectivity index (χ4v) is 3.09. The van der Waals surface area contributed by atoms with Crippen LogP contribution in [0.2, 0.25) is 0 Å². The van der Waals surface area contributed by atoms with E-state index in [2.05, 4.69) is 25.1 Å². The zero-order valence-corrected chi connectivity index (χ0v) is 14.4. The lowest BCUT2D eigenvalue weighted by molar-refractivity contribution is -0.124. The molecule has 0 radical (unpaired) electrons. The molecule has 0 amide bonds. The van der Waals surface area contributed by atoms with Crippen molar-refractivity contribution in [3.8, 4) is 0 Å². The van der Waals surface area contributed by atoms with Crippen LogP contribution in [-0.4, -0.2) is 23.6 Å². The Morgan fingerprint density at radius 1 is 1.39 bits per heavy atom. The van der Waals surface area contributed by atoms with Gasteiger partial charge in [0.2, 0.25) is 0 Å². The number of hydrogen-bond donors (Lipinski definition) is 1. The highest BCUT2D eigenvalue weighted by Crippen LogP contribution is 2.35. The lowest BCUT2D eigenvalue weighted by Gasteiger charge is -2.34. The van der Waals surface area contributed by atoms with Crippen molar-refractivity contribution < 1.29 is 14.6 Å². The van der Waals surface area contributed by atoms with Crippen LogP contribution >= 0.6 is 0 Å². The quantitative estimate of drug-likeness (QED) is 0.893. The van der Waals surface area contributed by atoms with E-state index >= 15 is 0 Å². The number of ether oxygens (including phenoxy) is 1. The second kappa shape index (κ2) is 7.60. The SMILES string of the molecule is CCC1=CC(=O)[C@@H](C)[C@@H]([C@@H](C)c2ccc(C)cc2/C=C/CO)O1. The fourth-order valence-electron chi connectivity index (χ4n) is 3.09. The number of carbonyl (C=O) groups excluding carboxylic acids is 1. The summed E-state index contributed by atoms with van der Waals surface area (Å²) < 4.78 is 6.09. The number of aliphatic hydroxyl groups excluding tert-OH is 1. The van der Waals surface area contributed by atoms with E-state index in [0.29, 0.717) is 0 Å². The van der Waals surface area contributed by atoms with E-state index in [9.17, 15) is 4.79 Å². The Morgan fingerprint density at radius 3 is 2.78 bits per heavy atom. The van der Waals surface area contributed by atoms with Crippen LogP contribution in [0.5, 0.6) is 0 Å². The molecule has 3 nitrogen and oxygen atoms in total. The van der Waals surface area contributed by atoms with E-state index in [1.807, 2.05) is 26.8 Å². The van der Waals surface area contributed by atoms with Gasteiger partial charge in [0.15, 0.2) is 5.78 Å². The van der Waals surface area contributed by atoms with E-state index in [-0.39, 0.29) is 30.3 Å². The molecule has 1 heterocycles. The van der Waals surface area contributed by atoms with Crippen molar-refractivity contribution in [2.24, 2.45) is 5.92 Å². The maximum atomic E-state index is 12.2. The summed E-state index contributed by atoms with van der Waals surface area (Å²) in [5.74, 6) is 0.841. The molecule has 1 aromatic carbocycles. The summed E-state index contributed by atoms with van der Waals surface area (Å²) in [5, 5.41) is 9.05. The minimum absolute atomic E-state index is 0.0132. The fraction of sp³-hybridized carbons (Fsp3) is 0.450. The van der Waals surface area contributed by atoms with Crippen molar-refractivity contribution in [2.75, 3.05) is 6.61 Å². The number of rotatable bonds is 5. The lowest BCUT2D eigenvalue weighted by atomic mass is 9.82. The van der Waals surface area contributed by atoms with E-state index < -0.39 is 0 Å². The monoisotopic (exact) mass is 314 g/mol. The maximum absolute atomic E-state index is 12.2. The number of carbonyl (C=O) groups is 1. The van der Waals surface area contributed by atoms with E-state index in [4.69, 9.17) is 9.84 Å². The first-order valence-electron chi connectivity index (χ1n) is 8.27. The molecule has 0 aromatic heterocycles. The molecular formula is C20H26O3. The Balaban J connectivity index is 2.36. The molecule has 1 aliphatic heterocycles. The van der Waals surface area contributed by atoms with Gasteiger partial charge in [-0.15, -0.1) is 0 Å². The van der Waals surface area contributed by atoms with Crippen molar-refractivity contribution in [3.05, 3.63) is 52.8 Å². The highest BCUT2D eigenvalue weighted by molar-refractivity contribution is 5.93. The topological polar surface area (TPSA) is 46.5 Å². The van der Waals surface area contributed by atoms with Gasteiger partial charge < -0.3 is 9.84 Å². The first kappa shape index (κ1) is 17.5. The Labute approximate surface area is 138 Å². The highest BCUT2D eigenvalue weighted by atomic mass is 16.5. The van der Waals surface area contributed by atoms with Gasteiger partial charge in [-0.1, -0.05) is 56.7 Å². The Hall–Kier alpha value is -1.87. The first-order valence-corrected chi connectivity index (χ1v) is 8.27. The van der Waals surface area contributed by atoms with E-state index in [1.165, 1.54) is 5.56 Å².